The van der Waals surface area contributed by atoms with Crippen LogP contribution >= 0.6 is 23.8 Å². The topological polar surface area (TPSA) is 58.3 Å². The summed E-state index contributed by atoms with van der Waals surface area (Å²) in [6.07, 6.45) is -0.737. The number of carbonyl (C=O) groups excluding carboxylic acids is 1. The highest BCUT2D eigenvalue weighted by Crippen LogP contribution is 2.35. The lowest BCUT2D eigenvalue weighted by atomic mass is 10.0. The van der Waals surface area contributed by atoms with Gasteiger partial charge in [0.2, 0.25) is 11.1 Å². The van der Waals surface area contributed by atoms with Crippen LogP contribution in [0.4, 0.5) is 0 Å². The zero-order chi connectivity index (χ0) is 19.3. The number of benzene rings is 2. The zero-order valence-corrected chi connectivity index (χ0v) is 16.3. The van der Waals surface area contributed by atoms with Crippen molar-refractivity contribution in [3.63, 3.8) is 0 Å². The molecule has 2 aliphatic heterocycles. The SMILES string of the molecule is O=C1C[C@H](n2nc(-c3ccccc3Cl)n(-c3ccccc3)c2=S)[C@@H]2CO[C@H]1O2. The second-order valence-electron chi connectivity index (χ2n) is 6.78. The number of hydrogen-bond donors (Lipinski definition) is 0. The molecule has 0 N–H and O–H groups in total. The van der Waals surface area contributed by atoms with Crippen LogP contribution in [0.3, 0.4) is 0 Å². The van der Waals surface area contributed by atoms with E-state index >= 15 is 0 Å². The van der Waals surface area contributed by atoms with Crippen molar-refractivity contribution in [3.05, 3.63) is 64.4 Å². The Labute approximate surface area is 171 Å². The predicted molar refractivity (Wildman–Crippen MR) is 106 cm³/mol. The second kappa shape index (κ2) is 6.93. The molecule has 0 radical (unpaired) electrons. The highest BCUT2D eigenvalue weighted by molar-refractivity contribution is 7.71. The third kappa shape index (κ3) is 2.82. The largest absolute Gasteiger partial charge is 0.343 e. The molecule has 2 bridgehead atoms. The van der Waals surface area contributed by atoms with Crippen molar-refractivity contribution in [2.75, 3.05) is 6.61 Å². The molecule has 0 spiro atoms. The van der Waals surface area contributed by atoms with Gasteiger partial charge in [-0.2, -0.15) is 5.10 Å². The number of Topliss-reactive ketones (excluding diaryl/α,β-unsaturated/α-hetero) is 1. The normalized spacial score (nSPS) is 23.9. The van der Waals surface area contributed by atoms with Crippen LogP contribution in [0.25, 0.3) is 17.1 Å². The summed E-state index contributed by atoms with van der Waals surface area (Å²) in [6.45, 7) is 0.350. The van der Waals surface area contributed by atoms with E-state index in [2.05, 4.69) is 0 Å². The second-order valence-corrected chi connectivity index (χ2v) is 7.55. The summed E-state index contributed by atoms with van der Waals surface area (Å²) in [5, 5.41) is 5.37. The molecule has 3 atom stereocenters. The molecule has 0 unspecified atom stereocenters. The van der Waals surface area contributed by atoms with Gasteiger partial charge >= 0.3 is 0 Å². The maximum Gasteiger partial charge on any atom is 0.218 e. The van der Waals surface area contributed by atoms with Gasteiger partial charge in [0.15, 0.2) is 11.6 Å². The van der Waals surface area contributed by atoms with Gasteiger partial charge in [-0.3, -0.25) is 9.36 Å². The highest BCUT2D eigenvalue weighted by atomic mass is 35.5. The molecule has 3 heterocycles. The van der Waals surface area contributed by atoms with Gasteiger partial charge in [0.25, 0.3) is 0 Å². The van der Waals surface area contributed by atoms with Crippen LogP contribution < -0.4 is 0 Å². The molecule has 0 amide bonds. The molecule has 8 heteroatoms. The first-order chi connectivity index (χ1) is 13.6. The Kier molecular flexibility index (Phi) is 4.40. The van der Waals surface area contributed by atoms with Crippen LogP contribution in [0.5, 0.6) is 0 Å². The monoisotopic (exact) mass is 413 g/mol. The minimum atomic E-state index is -0.755. The maximum absolute atomic E-state index is 12.3. The van der Waals surface area contributed by atoms with Crippen LogP contribution in [-0.4, -0.2) is 39.1 Å². The number of rotatable bonds is 3. The van der Waals surface area contributed by atoms with Gasteiger partial charge in [0.05, 0.1) is 17.7 Å². The van der Waals surface area contributed by atoms with Crippen LogP contribution in [-0.2, 0) is 14.3 Å². The van der Waals surface area contributed by atoms with E-state index in [1.165, 1.54) is 0 Å². The van der Waals surface area contributed by atoms with Crippen LogP contribution in [0.2, 0.25) is 5.02 Å². The Morgan fingerprint density at radius 2 is 1.86 bits per heavy atom. The van der Waals surface area contributed by atoms with E-state index < -0.39 is 6.29 Å². The fourth-order valence-electron chi connectivity index (χ4n) is 3.69. The summed E-state index contributed by atoms with van der Waals surface area (Å²) in [6, 6.07) is 16.9. The first-order valence-electron chi connectivity index (χ1n) is 8.95. The lowest BCUT2D eigenvalue weighted by Crippen LogP contribution is -2.37. The Balaban J connectivity index is 1.71. The van der Waals surface area contributed by atoms with Crippen molar-refractivity contribution in [2.45, 2.75) is 24.9 Å². The minimum absolute atomic E-state index is 0.0887. The van der Waals surface area contributed by atoms with Crippen molar-refractivity contribution in [2.24, 2.45) is 0 Å². The molecular weight excluding hydrogens is 398 g/mol. The quantitative estimate of drug-likeness (QED) is 0.608. The lowest BCUT2D eigenvalue weighted by molar-refractivity contribution is -0.156. The molecule has 3 aromatic rings. The number of ketones is 1. The van der Waals surface area contributed by atoms with Gasteiger partial charge in [-0.15, -0.1) is 0 Å². The Morgan fingerprint density at radius 1 is 1.11 bits per heavy atom. The number of nitrogens with zero attached hydrogens (tertiary/aromatic N) is 3. The van der Waals surface area contributed by atoms with E-state index in [0.29, 0.717) is 22.2 Å². The van der Waals surface area contributed by atoms with Gasteiger partial charge in [-0.1, -0.05) is 41.9 Å². The van der Waals surface area contributed by atoms with E-state index in [9.17, 15) is 4.79 Å². The molecule has 1 aromatic heterocycles. The lowest BCUT2D eigenvalue weighted by Gasteiger charge is -2.26. The average molecular weight is 414 g/mol. The Bertz CT molecular complexity index is 1110. The van der Waals surface area contributed by atoms with Gasteiger partial charge < -0.3 is 9.47 Å². The summed E-state index contributed by atoms with van der Waals surface area (Å²) < 4.78 is 15.2. The molecule has 2 fully saturated rings. The summed E-state index contributed by atoms with van der Waals surface area (Å²) in [5.74, 6) is 0.532. The molecule has 2 saturated heterocycles. The standard InChI is InChI=1S/C20H16ClN3O3S/c21-14-9-5-4-8-13(14)18-22-24(15-10-16(25)19-26-11-17(15)27-19)20(28)23(18)12-6-2-1-3-7-12/h1-9,15,17,19H,10-11H2/t15-,17-,19-/m0/s1. The third-order valence-electron chi connectivity index (χ3n) is 5.06. The first kappa shape index (κ1) is 17.8. The molecular formula is C20H16ClN3O3S. The van der Waals surface area contributed by atoms with Crippen molar-refractivity contribution in [1.29, 1.82) is 0 Å². The molecule has 5 rings (SSSR count). The van der Waals surface area contributed by atoms with Gasteiger partial charge in [-0.25, -0.2) is 4.68 Å². The van der Waals surface area contributed by atoms with Gasteiger partial charge in [-0.05, 0) is 36.5 Å². The summed E-state index contributed by atoms with van der Waals surface area (Å²) in [4.78, 5) is 12.3. The van der Waals surface area contributed by atoms with Crippen molar-refractivity contribution >= 4 is 29.6 Å². The number of carbonyl (C=O) groups is 1. The summed E-state index contributed by atoms with van der Waals surface area (Å²) >= 11 is 12.2. The van der Waals surface area contributed by atoms with Crippen molar-refractivity contribution in [1.82, 2.24) is 14.3 Å². The van der Waals surface area contributed by atoms with E-state index in [1.807, 2.05) is 59.2 Å². The number of fused-ring (bicyclic) bond motifs is 2. The van der Waals surface area contributed by atoms with Crippen molar-refractivity contribution in [3.8, 4) is 17.1 Å². The number of aromatic nitrogens is 3. The van der Waals surface area contributed by atoms with E-state index in [4.69, 9.17) is 38.4 Å². The maximum atomic E-state index is 12.3. The molecule has 28 heavy (non-hydrogen) atoms. The highest BCUT2D eigenvalue weighted by Gasteiger charge is 2.45. The summed E-state index contributed by atoms with van der Waals surface area (Å²) in [5.41, 5.74) is 1.64. The molecule has 6 nitrogen and oxygen atoms in total. The van der Waals surface area contributed by atoms with E-state index in [-0.39, 0.29) is 24.3 Å². The fourth-order valence-corrected chi connectivity index (χ4v) is 4.28. The fraction of sp³-hybridized carbons (Fsp3) is 0.250. The molecule has 0 aliphatic carbocycles. The molecule has 142 valence electrons. The zero-order valence-electron chi connectivity index (χ0n) is 14.7. The minimum Gasteiger partial charge on any atom is -0.343 e. The van der Waals surface area contributed by atoms with Crippen LogP contribution in [0, 0.1) is 4.77 Å². The average Bonchev–Trinajstić information content (AvgIpc) is 3.29. The third-order valence-corrected chi connectivity index (χ3v) is 5.76. The molecule has 2 aliphatic rings. The number of hydrogen-bond acceptors (Lipinski definition) is 5. The molecule has 0 saturated carbocycles. The predicted octanol–water partition coefficient (Wildman–Crippen LogP) is 3.98. The van der Waals surface area contributed by atoms with Crippen LogP contribution in [0.1, 0.15) is 12.5 Å². The van der Waals surface area contributed by atoms with E-state index in [1.54, 1.807) is 4.68 Å². The Hall–Kier alpha value is -2.32. The molecule has 2 aromatic carbocycles. The Morgan fingerprint density at radius 3 is 2.64 bits per heavy atom. The van der Waals surface area contributed by atoms with Gasteiger partial charge in [0.1, 0.15) is 6.10 Å². The number of halogens is 1. The van der Waals surface area contributed by atoms with Crippen molar-refractivity contribution < 1.29 is 14.3 Å². The number of ether oxygens (including phenoxy) is 2. The van der Waals surface area contributed by atoms with Gasteiger partial charge in [0, 0.05) is 17.7 Å². The van der Waals surface area contributed by atoms with E-state index in [0.717, 1.165) is 11.3 Å². The number of para-hydroxylation sites is 1. The van der Waals surface area contributed by atoms with Crippen LogP contribution in [0.15, 0.2) is 54.6 Å². The smallest absolute Gasteiger partial charge is 0.218 e. The summed E-state index contributed by atoms with van der Waals surface area (Å²) in [7, 11) is 0. The first-order valence-corrected chi connectivity index (χ1v) is 9.74.